The minimum absolute atomic E-state index is 0.772. The number of fused-ring (bicyclic) bond motifs is 1. The lowest BCUT2D eigenvalue weighted by Crippen LogP contribution is -2.23. The molecule has 1 aliphatic rings. The van der Waals surface area contributed by atoms with Gasteiger partial charge < -0.3 is 4.90 Å². The van der Waals surface area contributed by atoms with Crippen LogP contribution in [0.2, 0.25) is 0 Å². The second-order valence-electron chi connectivity index (χ2n) is 7.12. The zero-order chi connectivity index (χ0) is 18.3. The maximum atomic E-state index is 5.00. The van der Waals surface area contributed by atoms with E-state index in [1.165, 1.54) is 28.7 Å². The smallest absolute Gasteiger partial charge is 0.146 e. The number of hydrogen-bond acceptors (Lipinski definition) is 7. The summed E-state index contributed by atoms with van der Waals surface area (Å²) in [5.74, 6) is 1.98. The van der Waals surface area contributed by atoms with Crippen LogP contribution in [-0.2, 0) is 13.1 Å². The number of aromatic nitrogens is 3. The highest BCUT2D eigenvalue weighted by Gasteiger charge is 2.20. The summed E-state index contributed by atoms with van der Waals surface area (Å²) in [6.45, 7) is 10.4. The fraction of sp³-hybridized carbons (Fsp3) is 0.526. The lowest BCUT2D eigenvalue weighted by atomic mass is 10.2. The van der Waals surface area contributed by atoms with Gasteiger partial charge in [0.15, 0.2) is 0 Å². The molecule has 0 bridgehead atoms. The fourth-order valence-corrected chi connectivity index (χ4v) is 5.20. The quantitative estimate of drug-likeness (QED) is 0.653. The van der Waals surface area contributed by atoms with Crippen molar-refractivity contribution in [2.75, 3.05) is 25.0 Å². The van der Waals surface area contributed by atoms with Crippen molar-refractivity contribution >= 4 is 38.7 Å². The third kappa shape index (κ3) is 3.48. The van der Waals surface area contributed by atoms with Gasteiger partial charge in [0.1, 0.15) is 16.5 Å². The molecule has 0 unspecified atom stereocenters. The summed E-state index contributed by atoms with van der Waals surface area (Å²) in [4.78, 5) is 21.6. The van der Waals surface area contributed by atoms with Gasteiger partial charge in [-0.15, -0.1) is 22.7 Å². The SMILES string of the molecule is Cc1nc(CN(C)c2nc(CN3CCCC3)nc3sc(C)c(C)c23)cs1. The lowest BCUT2D eigenvalue weighted by molar-refractivity contribution is 0.323. The largest absolute Gasteiger partial charge is 0.353 e. The van der Waals surface area contributed by atoms with E-state index in [4.69, 9.17) is 9.97 Å². The highest BCUT2D eigenvalue weighted by molar-refractivity contribution is 7.18. The number of thiazole rings is 1. The number of hydrogen-bond donors (Lipinski definition) is 0. The highest BCUT2D eigenvalue weighted by atomic mass is 32.1. The van der Waals surface area contributed by atoms with Gasteiger partial charge in [-0.3, -0.25) is 4.90 Å². The zero-order valence-electron chi connectivity index (χ0n) is 15.9. The molecular formula is C19H25N5S2. The minimum atomic E-state index is 0.772. The Labute approximate surface area is 162 Å². The molecule has 4 heterocycles. The first-order valence-electron chi connectivity index (χ1n) is 9.12. The van der Waals surface area contributed by atoms with Gasteiger partial charge in [-0.05, 0) is 52.3 Å². The number of rotatable bonds is 5. The van der Waals surface area contributed by atoms with Crippen LogP contribution in [0.3, 0.4) is 0 Å². The second kappa shape index (κ2) is 7.21. The van der Waals surface area contributed by atoms with Crippen molar-refractivity contribution in [2.24, 2.45) is 0 Å². The van der Waals surface area contributed by atoms with Crippen molar-refractivity contribution in [3.8, 4) is 0 Å². The van der Waals surface area contributed by atoms with Crippen molar-refractivity contribution in [3.05, 3.63) is 32.3 Å². The Kier molecular flexibility index (Phi) is 4.94. The van der Waals surface area contributed by atoms with Gasteiger partial charge in [0.25, 0.3) is 0 Å². The predicted molar refractivity (Wildman–Crippen MR) is 110 cm³/mol. The van der Waals surface area contributed by atoms with Crippen molar-refractivity contribution in [1.29, 1.82) is 0 Å². The van der Waals surface area contributed by atoms with Gasteiger partial charge in [-0.25, -0.2) is 15.0 Å². The standard InChI is InChI=1S/C19H25N5S2/c1-12-13(2)26-19-17(12)18(23(4)9-15-11-25-14(3)20-15)21-16(22-19)10-24-7-5-6-8-24/h11H,5-10H2,1-4H3. The number of thiophene rings is 1. The van der Waals surface area contributed by atoms with Crippen molar-refractivity contribution in [3.63, 3.8) is 0 Å². The van der Waals surface area contributed by atoms with E-state index in [1.807, 2.05) is 0 Å². The Morgan fingerprint density at radius 2 is 1.88 bits per heavy atom. The molecule has 0 amide bonds. The Bertz CT molecular complexity index is 924. The normalized spacial score (nSPS) is 15.2. The first kappa shape index (κ1) is 17.8. The Balaban J connectivity index is 1.71. The van der Waals surface area contributed by atoms with Crippen molar-refractivity contribution in [2.45, 2.75) is 46.7 Å². The molecule has 1 saturated heterocycles. The van der Waals surface area contributed by atoms with Gasteiger partial charge in [0.05, 0.1) is 29.2 Å². The number of anilines is 1. The highest BCUT2D eigenvalue weighted by Crippen LogP contribution is 2.35. The van der Waals surface area contributed by atoms with E-state index >= 15 is 0 Å². The first-order valence-corrected chi connectivity index (χ1v) is 10.8. The molecule has 7 heteroatoms. The molecule has 1 fully saturated rings. The lowest BCUT2D eigenvalue weighted by Gasteiger charge is -2.20. The van der Waals surface area contributed by atoms with Gasteiger partial charge in [0.2, 0.25) is 0 Å². The maximum Gasteiger partial charge on any atom is 0.146 e. The number of nitrogens with zero attached hydrogens (tertiary/aromatic N) is 5. The van der Waals surface area contributed by atoms with Crippen LogP contribution in [0.1, 0.15) is 39.8 Å². The number of likely N-dealkylation sites (tertiary alicyclic amines) is 1. The van der Waals surface area contributed by atoms with Gasteiger partial charge >= 0.3 is 0 Å². The molecule has 0 spiro atoms. The van der Waals surface area contributed by atoms with E-state index in [0.29, 0.717) is 0 Å². The second-order valence-corrected chi connectivity index (χ2v) is 9.39. The van der Waals surface area contributed by atoms with Crippen LogP contribution in [0.5, 0.6) is 0 Å². The Morgan fingerprint density at radius 3 is 2.58 bits per heavy atom. The molecule has 3 aromatic rings. The molecule has 0 saturated carbocycles. The molecule has 5 nitrogen and oxygen atoms in total. The monoisotopic (exact) mass is 387 g/mol. The molecule has 26 heavy (non-hydrogen) atoms. The average molecular weight is 388 g/mol. The van der Waals surface area contributed by atoms with Gasteiger partial charge in [-0.1, -0.05) is 0 Å². The van der Waals surface area contributed by atoms with E-state index < -0.39 is 0 Å². The first-order chi connectivity index (χ1) is 12.5. The summed E-state index contributed by atoms with van der Waals surface area (Å²) in [7, 11) is 2.11. The van der Waals surface area contributed by atoms with E-state index in [1.54, 1.807) is 22.7 Å². The molecule has 138 valence electrons. The molecule has 4 rings (SSSR count). The molecule has 0 radical (unpaired) electrons. The van der Waals surface area contributed by atoms with Crippen LogP contribution in [0.25, 0.3) is 10.2 Å². The van der Waals surface area contributed by atoms with Crippen LogP contribution in [0.15, 0.2) is 5.38 Å². The molecule has 0 aliphatic carbocycles. The van der Waals surface area contributed by atoms with E-state index in [2.05, 4.69) is 48.0 Å². The maximum absolute atomic E-state index is 5.00. The Morgan fingerprint density at radius 1 is 1.12 bits per heavy atom. The van der Waals surface area contributed by atoms with Crippen LogP contribution in [0.4, 0.5) is 5.82 Å². The summed E-state index contributed by atoms with van der Waals surface area (Å²) < 4.78 is 0. The summed E-state index contributed by atoms with van der Waals surface area (Å²) >= 11 is 3.48. The van der Waals surface area contributed by atoms with Gasteiger partial charge in [-0.2, -0.15) is 0 Å². The summed E-state index contributed by atoms with van der Waals surface area (Å²) in [6.07, 6.45) is 2.57. The van der Waals surface area contributed by atoms with Gasteiger partial charge in [0, 0.05) is 17.3 Å². The summed E-state index contributed by atoms with van der Waals surface area (Å²) in [5, 5.41) is 4.45. The third-order valence-corrected chi connectivity index (χ3v) is 6.97. The van der Waals surface area contributed by atoms with Crippen LogP contribution < -0.4 is 4.90 Å². The average Bonchev–Trinajstić information content (AvgIpc) is 3.31. The molecule has 0 aromatic carbocycles. The molecule has 3 aromatic heterocycles. The molecule has 0 N–H and O–H groups in total. The summed E-state index contributed by atoms with van der Waals surface area (Å²) in [6, 6.07) is 0. The van der Waals surface area contributed by atoms with E-state index in [0.717, 1.165) is 53.4 Å². The van der Waals surface area contributed by atoms with Crippen LogP contribution in [-0.4, -0.2) is 40.0 Å². The molecular weight excluding hydrogens is 362 g/mol. The van der Waals surface area contributed by atoms with Crippen molar-refractivity contribution in [1.82, 2.24) is 19.9 Å². The topological polar surface area (TPSA) is 45.2 Å². The predicted octanol–water partition coefficient (Wildman–Crippen LogP) is 4.31. The van der Waals surface area contributed by atoms with E-state index in [9.17, 15) is 0 Å². The Hall–Kier alpha value is -1.57. The molecule has 0 atom stereocenters. The van der Waals surface area contributed by atoms with Crippen LogP contribution >= 0.6 is 22.7 Å². The summed E-state index contributed by atoms with van der Waals surface area (Å²) in [5.41, 5.74) is 2.40. The van der Waals surface area contributed by atoms with Crippen LogP contribution in [0, 0.1) is 20.8 Å². The van der Waals surface area contributed by atoms with Crippen molar-refractivity contribution < 1.29 is 0 Å². The fourth-order valence-electron chi connectivity index (χ4n) is 3.56. The van der Waals surface area contributed by atoms with E-state index in [-0.39, 0.29) is 0 Å². The zero-order valence-corrected chi connectivity index (χ0v) is 17.5. The molecule has 1 aliphatic heterocycles. The third-order valence-electron chi connectivity index (χ3n) is 5.05. The minimum Gasteiger partial charge on any atom is -0.353 e. The number of aryl methyl sites for hydroxylation is 3.